The molecule has 0 spiro atoms. The number of carbonyl (C=O) groups is 1. The van der Waals surface area contributed by atoms with Crippen molar-refractivity contribution in [3.05, 3.63) is 44.8 Å². The minimum absolute atomic E-state index is 0.0435. The molecule has 17 heavy (non-hydrogen) atoms. The van der Waals surface area contributed by atoms with Crippen molar-refractivity contribution in [3.8, 4) is 0 Å². The lowest BCUT2D eigenvalue weighted by Gasteiger charge is -2.16. The molecule has 0 bridgehead atoms. The van der Waals surface area contributed by atoms with Gasteiger partial charge in [0.1, 0.15) is 5.69 Å². The van der Waals surface area contributed by atoms with Gasteiger partial charge in [0, 0.05) is 35.0 Å². The Labute approximate surface area is 113 Å². The zero-order chi connectivity index (χ0) is 12.4. The van der Waals surface area contributed by atoms with E-state index < -0.39 is 0 Å². The summed E-state index contributed by atoms with van der Waals surface area (Å²) < 4.78 is 2.90. The molecule has 0 aliphatic rings. The second-order valence-electron chi connectivity index (χ2n) is 3.90. The monoisotopic (exact) mass is 312 g/mol. The van der Waals surface area contributed by atoms with Gasteiger partial charge in [-0.2, -0.15) is 0 Å². The fourth-order valence-electron chi connectivity index (χ4n) is 1.62. The smallest absolute Gasteiger partial charge is 0.270 e. The Balaban J connectivity index is 2.08. The molecule has 2 aromatic rings. The molecule has 0 fully saturated rings. The van der Waals surface area contributed by atoms with E-state index in [9.17, 15) is 4.79 Å². The highest BCUT2D eigenvalue weighted by Crippen LogP contribution is 2.21. The summed E-state index contributed by atoms with van der Waals surface area (Å²) in [6.07, 6.45) is 1.88. The molecule has 3 nitrogen and oxygen atoms in total. The van der Waals surface area contributed by atoms with Crippen LogP contribution >= 0.6 is 27.3 Å². The number of aryl methyl sites for hydroxylation is 1. The van der Waals surface area contributed by atoms with Crippen molar-refractivity contribution in [2.75, 3.05) is 7.05 Å². The topological polar surface area (TPSA) is 25.2 Å². The van der Waals surface area contributed by atoms with Gasteiger partial charge in [0.15, 0.2) is 0 Å². The summed E-state index contributed by atoms with van der Waals surface area (Å²) in [6.45, 7) is 0.639. The summed E-state index contributed by atoms with van der Waals surface area (Å²) >= 11 is 5.06. The summed E-state index contributed by atoms with van der Waals surface area (Å²) in [4.78, 5) is 15.0. The quantitative estimate of drug-likeness (QED) is 0.855. The molecule has 0 radical (unpaired) electrons. The standard InChI is InChI=1S/C12H13BrN2OS/c1-14-5-3-4-11(14)12(16)15(2)7-10-6-9(13)8-17-10/h3-6,8H,7H2,1-2H3. The fourth-order valence-corrected chi connectivity index (χ4v) is 3.12. The molecule has 0 aliphatic carbocycles. The fraction of sp³-hybridized carbons (Fsp3) is 0.250. The van der Waals surface area contributed by atoms with Crippen LogP contribution in [0.4, 0.5) is 0 Å². The number of rotatable bonds is 3. The highest BCUT2D eigenvalue weighted by molar-refractivity contribution is 9.10. The van der Waals surface area contributed by atoms with E-state index in [1.807, 2.05) is 48.4 Å². The second kappa shape index (κ2) is 5.06. The number of aromatic nitrogens is 1. The van der Waals surface area contributed by atoms with Gasteiger partial charge in [0.25, 0.3) is 5.91 Å². The number of hydrogen-bond donors (Lipinski definition) is 0. The lowest BCUT2D eigenvalue weighted by Crippen LogP contribution is -2.27. The molecular formula is C12H13BrN2OS. The van der Waals surface area contributed by atoms with Crippen molar-refractivity contribution in [2.45, 2.75) is 6.54 Å². The first-order chi connectivity index (χ1) is 8.08. The lowest BCUT2D eigenvalue weighted by atomic mass is 10.3. The average Bonchev–Trinajstić information content (AvgIpc) is 2.86. The van der Waals surface area contributed by atoms with E-state index in [1.165, 1.54) is 4.88 Å². The largest absolute Gasteiger partial charge is 0.347 e. The Morgan fingerprint density at radius 3 is 2.88 bits per heavy atom. The minimum Gasteiger partial charge on any atom is -0.347 e. The van der Waals surface area contributed by atoms with Crippen molar-refractivity contribution in [1.82, 2.24) is 9.47 Å². The second-order valence-corrected chi connectivity index (χ2v) is 5.81. The summed E-state index contributed by atoms with van der Waals surface area (Å²) in [5.74, 6) is 0.0435. The number of halogens is 1. The molecule has 1 amide bonds. The van der Waals surface area contributed by atoms with Gasteiger partial charge in [0.2, 0.25) is 0 Å². The number of thiophene rings is 1. The molecule has 0 unspecified atom stereocenters. The van der Waals surface area contributed by atoms with Gasteiger partial charge < -0.3 is 9.47 Å². The SMILES string of the molecule is CN(Cc1cc(Br)cs1)C(=O)c1cccn1C. The summed E-state index contributed by atoms with van der Waals surface area (Å²) in [5, 5.41) is 2.02. The van der Waals surface area contributed by atoms with Crippen molar-refractivity contribution in [3.63, 3.8) is 0 Å². The molecule has 0 saturated carbocycles. The maximum absolute atomic E-state index is 12.1. The predicted octanol–water partition coefficient (Wildman–Crippen LogP) is 3.12. The molecule has 2 rings (SSSR count). The van der Waals surface area contributed by atoms with Crippen LogP contribution in [-0.4, -0.2) is 22.4 Å². The van der Waals surface area contributed by atoms with Crippen LogP contribution in [0.5, 0.6) is 0 Å². The first kappa shape index (κ1) is 12.4. The van der Waals surface area contributed by atoms with E-state index in [-0.39, 0.29) is 5.91 Å². The molecule has 0 saturated heterocycles. The normalized spacial score (nSPS) is 10.5. The summed E-state index contributed by atoms with van der Waals surface area (Å²) in [7, 11) is 3.70. The molecule has 0 aliphatic heterocycles. The van der Waals surface area contributed by atoms with Crippen LogP contribution in [0.15, 0.2) is 34.2 Å². The van der Waals surface area contributed by atoms with Crippen molar-refractivity contribution < 1.29 is 4.79 Å². The van der Waals surface area contributed by atoms with E-state index in [0.29, 0.717) is 12.2 Å². The average molecular weight is 313 g/mol. The van der Waals surface area contributed by atoms with Gasteiger partial charge in [-0.05, 0) is 34.1 Å². The van der Waals surface area contributed by atoms with Crippen LogP contribution in [-0.2, 0) is 13.6 Å². The molecule has 0 N–H and O–H groups in total. The van der Waals surface area contributed by atoms with Crippen LogP contribution in [0.1, 0.15) is 15.4 Å². The van der Waals surface area contributed by atoms with Crippen LogP contribution in [0.2, 0.25) is 0 Å². The third kappa shape index (κ3) is 2.79. The van der Waals surface area contributed by atoms with Gasteiger partial charge in [-0.3, -0.25) is 4.79 Å². The number of nitrogens with zero attached hydrogens (tertiary/aromatic N) is 2. The lowest BCUT2D eigenvalue weighted by molar-refractivity contribution is 0.0777. The number of carbonyl (C=O) groups excluding carboxylic acids is 1. The van der Waals surface area contributed by atoms with Gasteiger partial charge in [-0.15, -0.1) is 11.3 Å². The van der Waals surface area contributed by atoms with E-state index >= 15 is 0 Å². The Kier molecular flexibility index (Phi) is 3.69. The number of amides is 1. The zero-order valence-corrected chi connectivity index (χ0v) is 12.1. The highest BCUT2D eigenvalue weighted by Gasteiger charge is 2.14. The maximum atomic E-state index is 12.1. The van der Waals surface area contributed by atoms with Gasteiger partial charge in [0.05, 0.1) is 6.54 Å². The number of hydrogen-bond acceptors (Lipinski definition) is 2. The van der Waals surface area contributed by atoms with Gasteiger partial charge in [-0.25, -0.2) is 0 Å². The Hall–Kier alpha value is -1.07. The molecule has 0 atom stereocenters. The third-order valence-electron chi connectivity index (χ3n) is 2.52. The maximum Gasteiger partial charge on any atom is 0.270 e. The van der Waals surface area contributed by atoms with Gasteiger partial charge >= 0.3 is 0 Å². The third-order valence-corrected chi connectivity index (χ3v) is 4.21. The Morgan fingerprint density at radius 2 is 2.35 bits per heavy atom. The first-order valence-corrected chi connectivity index (χ1v) is 6.85. The van der Waals surface area contributed by atoms with Crippen molar-refractivity contribution in [1.29, 1.82) is 0 Å². The van der Waals surface area contributed by atoms with E-state index in [4.69, 9.17) is 0 Å². The van der Waals surface area contributed by atoms with E-state index in [2.05, 4.69) is 15.9 Å². The minimum atomic E-state index is 0.0435. The first-order valence-electron chi connectivity index (χ1n) is 5.17. The molecule has 5 heteroatoms. The van der Waals surface area contributed by atoms with Crippen LogP contribution in [0, 0.1) is 0 Å². The molecule has 90 valence electrons. The molecule has 0 aromatic carbocycles. The predicted molar refractivity (Wildman–Crippen MR) is 73.2 cm³/mol. The highest BCUT2D eigenvalue weighted by atomic mass is 79.9. The van der Waals surface area contributed by atoms with E-state index in [1.54, 1.807) is 16.2 Å². The van der Waals surface area contributed by atoms with Crippen molar-refractivity contribution >= 4 is 33.2 Å². The zero-order valence-electron chi connectivity index (χ0n) is 9.68. The Bertz CT molecular complexity index is 532. The van der Waals surface area contributed by atoms with Crippen LogP contribution in [0.25, 0.3) is 0 Å². The molecule has 2 aromatic heterocycles. The Morgan fingerprint density at radius 1 is 1.59 bits per heavy atom. The van der Waals surface area contributed by atoms with Crippen molar-refractivity contribution in [2.24, 2.45) is 7.05 Å². The summed E-state index contributed by atoms with van der Waals surface area (Å²) in [6, 6.07) is 5.76. The van der Waals surface area contributed by atoms with Crippen LogP contribution < -0.4 is 0 Å². The van der Waals surface area contributed by atoms with Crippen LogP contribution in [0.3, 0.4) is 0 Å². The molecular weight excluding hydrogens is 300 g/mol. The van der Waals surface area contributed by atoms with Gasteiger partial charge in [-0.1, -0.05) is 0 Å². The van der Waals surface area contributed by atoms with E-state index in [0.717, 1.165) is 4.47 Å². The summed E-state index contributed by atoms with van der Waals surface area (Å²) in [5.41, 5.74) is 0.711. The molecule has 2 heterocycles.